The zero-order valence-corrected chi connectivity index (χ0v) is 25.9. The van der Waals surface area contributed by atoms with E-state index >= 15 is 0 Å². The van der Waals surface area contributed by atoms with Crippen molar-refractivity contribution >= 4 is 24.4 Å². The average molecular weight is 604 g/mol. The summed E-state index contributed by atoms with van der Waals surface area (Å²) < 4.78 is 22.7. The summed E-state index contributed by atoms with van der Waals surface area (Å²) >= 11 is 4.11. The van der Waals surface area contributed by atoms with Crippen LogP contribution in [0.2, 0.25) is 0 Å². The van der Waals surface area contributed by atoms with E-state index in [0.29, 0.717) is 35.8 Å². The smallest absolute Gasteiger partial charge is 0.323 e. The number of hydrogen-bond donors (Lipinski definition) is 4. The molecule has 1 aromatic rings. The van der Waals surface area contributed by atoms with E-state index in [0.717, 1.165) is 16.7 Å². The lowest BCUT2D eigenvalue weighted by Gasteiger charge is -2.60. The molecule has 3 saturated heterocycles. The number of nitrogens with two attached hydrogens (primary N) is 1. The lowest BCUT2D eigenvalue weighted by Crippen LogP contribution is -2.71. The largest absolute Gasteiger partial charge is 0.504 e. The predicted molar refractivity (Wildman–Crippen MR) is 157 cm³/mol. The van der Waals surface area contributed by atoms with Crippen molar-refractivity contribution in [1.29, 1.82) is 0 Å². The summed E-state index contributed by atoms with van der Waals surface area (Å²) in [5, 5.41) is 23.7. The molecule has 1 aromatic carbocycles. The van der Waals surface area contributed by atoms with Gasteiger partial charge in [-0.25, -0.2) is 0 Å². The molecule has 3 fully saturated rings. The Morgan fingerprint density at radius 1 is 1.29 bits per heavy atom. The first-order valence-corrected chi connectivity index (χ1v) is 15.0. The topological polar surface area (TPSA) is 144 Å². The van der Waals surface area contributed by atoms with Gasteiger partial charge < -0.3 is 34.9 Å². The monoisotopic (exact) mass is 603 g/mol. The molecule has 0 amide bonds. The van der Waals surface area contributed by atoms with Crippen molar-refractivity contribution in [2.75, 3.05) is 39.9 Å². The highest BCUT2D eigenvalue weighted by Gasteiger charge is 2.62. The van der Waals surface area contributed by atoms with Crippen LogP contribution in [0.4, 0.5) is 0 Å². The Balaban J connectivity index is 0.00000173. The number of ether oxygens (including phenoxy) is 4. The van der Waals surface area contributed by atoms with Crippen LogP contribution in [0.3, 0.4) is 0 Å². The fraction of sp³-hybridized carbons (Fsp3) is 0.600. The number of fused-ring (bicyclic) bond motifs is 8. The summed E-state index contributed by atoms with van der Waals surface area (Å²) in [5.74, 6) is 0.116. The maximum atomic E-state index is 13.8. The fourth-order valence-electron chi connectivity index (χ4n) is 7.36. The number of carbonyl (C=O) groups is 2. The van der Waals surface area contributed by atoms with E-state index in [2.05, 4.69) is 22.4 Å². The zero-order valence-electron chi connectivity index (χ0n) is 25.0. The maximum Gasteiger partial charge on any atom is 0.323 e. The number of thiol groups is 1. The van der Waals surface area contributed by atoms with Crippen LogP contribution in [-0.4, -0.2) is 101 Å². The van der Waals surface area contributed by atoms with Crippen LogP contribution in [0.1, 0.15) is 49.9 Å². The van der Waals surface area contributed by atoms with Gasteiger partial charge in [-0.15, -0.1) is 0 Å². The number of nitrogens with zero attached hydrogens (tertiary/aromatic N) is 2. The third-order valence-electron chi connectivity index (χ3n) is 9.23. The number of carbonyl (C=O) groups excluding carboxylic acids is 2. The third kappa shape index (κ3) is 4.41. The fourth-order valence-corrected chi connectivity index (χ4v) is 7.50. The lowest BCUT2D eigenvalue weighted by molar-refractivity contribution is -0.155. The summed E-state index contributed by atoms with van der Waals surface area (Å²) in [6, 6.07) is -0.289. The Hall–Kier alpha value is -2.77. The molecule has 4 aliphatic heterocycles. The molecule has 230 valence electrons. The molecule has 0 saturated carbocycles. The van der Waals surface area contributed by atoms with Crippen LogP contribution in [0.5, 0.6) is 11.5 Å². The van der Waals surface area contributed by atoms with Gasteiger partial charge in [-0.05, 0) is 38.4 Å². The zero-order chi connectivity index (χ0) is 30.7. The Bertz CT molecular complexity index is 1360. The number of phenolic OH excluding ortho intramolecular Hbond substituents is 1. The molecule has 0 radical (unpaired) electrons. The van der Waals surface area contributed by atoms with E-state index < -0.39 is 35.5 Å². The number of likely N-dealkylation sites (N-methyl/N-ethyl adjacent to an activating group) is 1. The highest BCUT2D eigenvalue weighted by Crippen LogP contribution is 2.55. The van der Waals surface area contributed by atoms with Crippen LogP contribution in [0.25, 0.3) is 0 Å². The van der Waals surface area contributed by atoms with Crippen molar-refractivity contribution in [3.8, 4) is 11.5 Å². The molecule has 11 nitrogen and oxygen atoms in total. The van der Waals surface area contributed by atoms with Gasteiger partial charge in [-0.1, -0.05) is 19.9 Å². The van der Waals surface area contributed by atoms with Crippen LogP contribution < -0.4 is 10.5 Å². The second kappa shape index (κ2) is 11.4. The number of rotatable bonds is 5. The van der Waals surface area contributed by atoms with Crippen molar-refractivity contribution in [2.24, 2.45) is 5.73 Å². The van der Waals surface area contributed by atoms with Crippen molar-refractivity contribution < 1.29 is 38.7 Å². The van der Waals surface area contributed by atoms with Crippen molar-refractivity contribution in [3.63, 3.8) is 0 Å². The summed E-state index contributed by atoms with van der Waals surface area (Å²) in [5.41, 5.74) is 7.15. The van der Waals surface area contributed by atoms with E-state index in [-0.39, 0.29) is 49.0 Å². The summed E-state index contributed by atoms with van der Waals surface area (Å²) in [4.78, 5) is 30.8. The number of piperazine rings is 1. The summed E-state index contributed by atoms with van der Waals surface area (Å²) in [7, 11) is 3.52. The Labute approximate surface area is 251 Å². The van der Waals surface area contributed by atoms with Crippen molar-refractivity contribution in [1.82, 2.24) is 9.80 Å². The Morgan fingerprint density at radius 2 is 1.98 bits per heavy atom. The average Bonchev–Trinajstić information content (AvgIpc) is 3.45. The molecular formula is C30H41N3O8S. The lowest BCUT2D eigenvalue weighted by atomic mass is 9.66. The predicted octanol–water partition coefficient (Wildman–Crippen LogP) is 1.74. The van der Waals surface area contributed by atoms with Gasteiger partial charge in [0.1, 0.15) is 12.6 Å². The van der Waals surface area contributed by atoms with Crippen LogP contribution in [-0.2, 0) is 30.2 Å². The highest BCUT2D eigenvalue weighted by molar-refractivity contribution is 7.80. The SMILES string of the molecule is CC.COc1c(C)cc2c(c1O)C1C3CC4(O)C(=O)C(C)=C5OCOC5=C4C(COC(=O)C(N)CS)N3CC(C2)N1C. The van der Waals surface area contributed by atoms with E-state index in [1.165, 1.54) is 7.11 Å². The van der Waals surface area contributed by atoms with Gasteiger partial charge in [0.25, 0.3) is 0 Å². The highest BCUT2D eigenvalue weighted by atomic mass is 32.1. The number of phenols is 1. The number of methoxy groups -OCH3 is 1. The van der Waals surface area contributed by atoms with Crippen LogP contribution in [0, 0.1) is 6.92 Å². The van der Waals surface area contributed by atoms with Gasteiger partial charge in [0, 0.05) is 47.5 Å². The molecule has 4 heterocycles. The van der Waals surface area contributed by atoms with Crippen molar-refractivity contribution in [3.05, 3.63) is 45.4 Å². The molecule has 6 unspecified atom stereocenters. The van der Waals surface area contributed by atoms with Gasteiger partial charge in [-0.3, -0.25) is 19.4 Å². The first-order valence-electron chi connectivity index (χ1n) is 14.4. The second-order valence-corrected chi connectivity index (χ2v) is 11.7. The molecular weight excluding hydrogens is 562 g/mol. The number of aromatic hydroxyl groups is 1. The van der Waals surface area contributed by atoms with E-state index in [4.69, 9.17) is 24.7 Å². The molecule has 0 aromatic heterocycles. The van der Waals surface area contributed by atoms with E-state index in [9.17, 15) is 19.8 Å². The number of esters is 1. The first kappa shape index (κ1) is 30.7. The molecule has 1 aliphatic carbocycles. The Morgan fingerprint density at radius 3 is 2.64 bits per heavy atom. The van der Waals surface area contributed by atoms with Crippen LogP contribution in [0.15, 0.2) is 28.7 Å². The van der Waals surface area contributed by atoms with Gasteiger partial charge in [0.15, 0.2) is 34.4 Å². The molecule has 5 aliphatic rings. The van der Waals surface area contributed by atoms with Gasteiger partial charge in [0.05, 0.1) is 19.2 Å². The number of aryl methyl sites for hydroxylation is 1. The molecule has 6 atom stereocenters. The van der Waals surface area contributed by atoms with Crippen molar-refractivity contribution in [2.45, 2.75) is 76.3 Å². The number of piperidine rings is 1. The minimum absolute atomic E-state index is 0.0516. The third-order valence-corrected chi connectivity index (χ3v) is 9.62. The molecule has 6 rings (SSSR count). The van der Waals surface area contributed by atoms with Gasteiger partial charge >= 0.3 is 5.97 Å². The summed E-state index contributed by atoms with van der Waals surface area (Å²) in [6.45, 7) is 7.86. The molecule has 12 heteroatoms. The molecule has 4 N–H and O–H groups in total. The minimum Gasteiger partial charge on any atom is -0.504 e. The first-order chi connectivity index (χ1) is 20.0. The van der Waals surface area contributed by atoms with Gasteiger partial charge in [0.2, 0.25) is 6.79 Å². The number of ketones is 1. The van der Waals surface area contributed by atoms with E-state index in [1.807, 2.05) is 33.9 Å². The number of benzene rings is 1. The normalized spacial score (nSPS) is 30.5. The maximum absolute atomic E-state index is 13.8. The van der Waals surface area contributed by atoms with Gasteiger partial charge in [-0.2, -0.15) is 12.6 Å². The molecule has 2 bridgehead atoms. The minimum atomic E-state index is -1.92. The van der Waals surface area contributed by atoms with E-state index in [1.54, 1.807) is 6.92 Å². The standard InChI is InChI=1S/C28H35N3O8S.C2H6/c1-12-5-14-6-15-8-31-17(21(30(15)3)19(14)22(32)23(12)36-4)7-28(35)20(18(31)9-37-27(34)16(29)10-40)25-24(38-11-39-25)13(2)26(28)33;1-2/h5,15-18,21,32,35,40H,6-11,29H2,1-4H3;1-2H3. The van der Waals surface area contributed by atoms with Crippen LogP contribution >= 0.6 is 12.6 Å². The molecule has 42 heavy (non-hydrogen) atoms. The quantitative estimate of drug-likeness (QED) is 0.289. The number of Topliss-reactive ketones (excluding diaryl/α,β-unsaturated/α-hetero) is 1. The molecule has 0 spiro atoms. The Kier molecular flexibility index (Phi) is 8.31. The number of hydrogen-bond acceptors (Lipinski definition) is 12. The summed E-state index contributed by atoms with van der Waals surface area (Å²) in [6.07, 6.45) is 0.732. The second-order valence-electron chi connectivity index (χ2n) is 11.3. The number of aliphatic hydroxyl groups is 1.